The lowest BCUT2D eigenvalue weighted by atomic mass is 10.2. The first-order chi connectivity index (χ1) is 15.9. The Morgan fingerprint density at radius 3 is 2.42 bits per heavy atom. The van der Waals surface area contributed by atoms with Crippen molar-refractivity contribution in [2.24, 2.45) is 0 Å². The van der Waals surface area contributed by atoms with Gasteiger partial charge in [0.25, 0.3) is 0 Å². The minimum atomic E-state index is -3.26. The van der Waals surface area contributed by atoms with Gasteiger partial charge < -0.3 is 14.8 Å². The average molecular weight is 470 g/mol. The number of fused-ring (bicyclic) bond motifs is 1. The number of aromatic nitrogens is 2. The number of carbonyl (C=O) groups excluding carboxylic acids is 1. The van der Waals surface area contributed by atoms with Gasteiger partial charge in [0.05, 0.1) is 11.0 Å². The molecule has 1 N–H and O–H groups in total. The number of hydrogen-bond donors (Lipinski definition) is 1. The number of para-hydroxylation sites is 3. The molecule has 0 radical (unpaired) electrons. The second kappa shape index (κ2) is 10.4. The van der Waals surface area contributed by atoms with E-state index in [0.29, 0.717) is 17.9 Å². The molecule has 9 heteroatoms. The molecule has 2 heterocycles. The van der Waals surface area contributed by atoms with Crippen molar-refractivity contribution in [2.45, 2.75) is 18.7 Å². The maximum atomic E-state index is 12.6. The van der Waals surface area contributed by atoms with Crippen LogP contribution in [0, 0.1) is 0 Å². The molecule has 3 aromatic rings. The van der Waals surface area contributed by atoms with E-state index in [4.69, 9.17) is 0 Å². The van der Waals surface area contributed by atoms with E-state index >= 15 is 0 Å². The largest absolute Gasteiger partial charge is 0.369 e. The van der Waals surface area contributed by atoms with Crippen LogP contribution < -0.4 is 10.2 Å². The van der Waals surface area contributed by atoms with Gasteiger partial charge in [0.2, 0.25) is 5.91 Å². The molecule has 176 valence electrons. The molecule has 1 aromatic heterocycles. The fourth-order valence-electron chi connectivity index (χ4n) is 4.24. The Bertz CT molecular complexity index is 1190. The van der Waals surface area contributed by atoms with Crippen molar-refractivity contribution >= 4 is 32.5 Å². The number of nitrogens with zero attached hydrogens (tertiary/aromatic N) is 4. The topological polar surface area (TPSA) is 87.5 Å². The van der Waals surface area contributed by atoms with Crippen molar-refractivity contribution in [2.75, 3.05) is 50.4 Å². The number of imidazole rings is 1. The zero-order chi connectivity index (χ0) is 23.3. The van der Waals surface area contributed by atoms with Crippen molar-refractivity contribution < 1.29 is 13.2 Å². The fraction of sp³-hybridized carbons (Fsp3) is 0.417. The summed E-state index contributed by atoms with van der Waals surface area (Å²) in [4.78, 5) is 21.9. The molecule has 1 aliphatic heterocycles. The van der Waals surface area contributed by atoms with E-state index in [1.807, 2.05) is 30.3 Å². The van der Waals surface area contributed by atoms with Crippen molar-refractivity contribution in [3.05, 3.63) is 60.4 Å². The van der Waals surface area contributed by atoms with Crippen LogP contribution in [-0.4, -0.2) is 74.3 Å². The number of rotatable bonds is 9. The molecule has 0 aliphatic carbocycles. The van der Waals surface area contributed by atoms with Crippen molar-refractivity contribution in [1.82, 2.24) is 19.8 Å². The molecular weight excluding hydrogens is 438 g/mol. The molecule has 1 fully saturated rings. The van der Waals surface area contributed by atoms with Gasteiger partial charge in [-0.2, -0.15) is 0 Å². The van der Waals surface area contributed by atoms with Crippen LogP contribution in [0.25, 0.3) is 11.0 Å². The number of nitrogens with one attached hydrogen (secondary N) is 1. The van der Waals surface area contributed by atoms with Crippen LogP contribution in [-0.2, 0) is 26.9 Å². The van der Waals surface area contributed by atoms with Crippen molar-refractivity contribution in [3.8, 4) is 0 Å². The maximum absolute atomic E-state index is 12.6. The van der Waals surface area contributed by atoms with E-state index in [2.05, 4.69) is 44.4 Å². The molecular formula is C24H31N5O3S. The van der Waals surface area contributed by atoms with Crippen LogP contribution in [0.2, 0.25) is 0 Å². The third-order valence-corrected chi connectivity index (χ3v) is 6.68. The maximum Gasteiger partial charge on any atom is 0.240 e. The first kappa shape index (κ1) is 23.3. The third-order valence-electron chi connectivity index (χ3n) is 5.89. The molecule has 1 amide bonds. The van der Waals surface area contributed by atoms with Crippen LogP contribution in [0.3, 0.4) is 0 Å². The van der Waals surface area contributed by atoms with E-state index in [-0.39, 0.29) is 18.2 Å². The molecule has 33 heavy (non-hydrogen) atoms. The molecule has 0 bridgehead atoms. The Hall–Kier alpha value is -2.91. The highest BCUT2D eigenvalue weighted by molar-refractivity contribution is 7.89. The average Bonchev–Trinajstić information content (AvgIpc) is 3.13. The summed E-state index contributed by atoms with van der Waals surface area (Å²) >= 11 is 0. The summed E-state index contributed by atoms with van der Waals surface area (Å²) in [5.74, 6) is 0.0659. The highest BCUT2D eigenvalue weighted by Gasteiger charge is 2.18. The SMILES string of the molecule is CS(=O)(=O)Cc1nc2ccccc2n1CC(=O)NCCCN1CCN(c2ccccc2)CC1. The molecule has 0 saturated carbocycles. The second-order valence-electron chi connectivity index (χ2n) is 8.54. The summed E-state index contributed by atoms with van der Waals surface area (Å²) in [5, 5.41) is 2.98. The molecule has 1 aliphatic rings. The Labute approximate surface area is 195 Å². The molecule has 4 rings (SSSR count). The molecule has 0 unspecified atom stereocenters. The van der Waals surface area contributed by atoms with Crippen LogP contribution in [0.15, 0.2) is 54.6 Å². The summed E-state index contributed by atoms with van der Waals surface area (Å²) in [6, 6.07) is 17.9. The van der Waals surface area contributed by atoms with Gasteiger partial charge in [-0.05, 0) is 37.2 Å². The zero-order valence-corrected chi connectivity index (χ0v) is 19.8. The standard InChI is InChI=1S/C24H31N5O3S/c1-33(31,32)19-23-26-21-10-5-6-11-22(21)29(23)18-24(30)25-12-7-13-27-14-16-28(17-15-27)20-8-3-2-4-9-20/h2-6,8-11H,7,12-19H2,1H3,(H,25,30). The number of sulfone groups is 1. The van der Waals surface area contributed by atoms with Gasteiger partial charge in [-0.25, -0.2) is 13.4 Å². The molecule has 0 spiro atoms. The molecule has 0 atom stereocenters. The quantitative estimate of drug-likeness (QED) is 0.482. The van der Waals surface area contributed by atoms with E-state index in [1.54, 1.807) is 4.57 Å². The number of hydrogen-bond acceptors (Lipinski definition) is 6. The fourth-order valence-corrected chi connectivity index (χ4v) is 4.93. The first-order valence-corrected chi connectivity index (χ1v) is 13.4. The lowest BCUT2D eigenvalue weighted by Gasteiger charge is -2.36. The van der Waals surface area contributed by atoms with Crippen LogP contribution >= 0.6 is 0 Å². The molecule has 2 aromatic carbocycles. The highest BCUT2D eigenvalue weighted by Crippen LogP contribution is 2.18. The number of piperazine rings is 1. The zero-order valence-electron chi connectivity index (χ0n) is 19.0. The van der Waals surface area contributed by atoms with E-state index < -0.39 is 9.84 Å². The number of benzene rings is 2. The van der Waals surface area contributed by atoms with Crippen molar-refractivity contribution in [1.29, 1.82) is 0 Å². The lowest BCUT2D eigenvalue weighted by molar-refractivity contribution is -0.121. The Balaban J connectivity index is 1.24. The second-order valence-corrected chi connectivity index (χ2v) is 10.7. The number of amides is 1. The lowest BCUT2D eigenvalue weighted by Crippen LogP contribution is -2.47. The van der Waals surface area contributed by atoms with Crippen LogP contribution in [0.5, 0.6) is 0 Å². The summed E-state index contributed by atoms with van der Waals surface area (Å²) < 4.78 is 25.3. The summed E-state index contributed by atoms with van der Waals surface area (Å²) in [5.41, 5.74) is 2.73. The number of carbonyl (C=O) groups is 1. The van der Waals surface area contributed by atoms with Gasteiger partial charge >= 0.3 is 0 Å². The highest BCUT2D eigenvalue weighted by atomic mass is 32.2. The number of anilines is 1. The monoisotopic (exact) mass is 469 g/mol. The predicted octanol–water partition coefficient (Wildman–Crippen LogP) is 1.91. The van der Waals surface area contributed by atoms with Gasteiger partial charge in [-0.15, -0.1) is 0 Å². The van der Waals surface area contributed by atoms with Gasteiger partial charge in [0, 0.05) is 44.7 Å². The normalized spacial score (nSPS) is 15.1. The first-order valence-electron chi connectivity index (χ1n) is 11.3. The predicted molar refractivity (Wildman–Crippen MR) is 131 cm³/mol. The summed E-state index contributed by atoms with van der Waals surface area (Å²) in [6.07, 6.45) is 2.05. The van der Waals surface area contributed by atoms with Gasteiger partial charge in [0.1, 0.15) is 18.1 Å². The Morgan fingerprint density at radius 1 is 1.00 bits per heavy atom. The van der Waals surface area contributed by atoms with E-state index in [1.165, 1.54) is 11.9 Å². The van der Waals surface area contributed by atoms with E-state index in [9.17, 15) is 13.2 Å². The minimum Gasteiger partial charge on any atom is -0.369 e. The third kappa shape index (κ3) is 6.33. The van der Waals surface area contributed by atoms with Crippen molar-refractivity contribution in [3.63, 3.8) is 0 Å². The van der Waals surface area contributed by atoms with Gasteiger partial charge in [-0.1, -0.05) is 30.3 Å². The summed E-state index contributed by atoms with van der Waals surface area (Å²) in [7, 11) is -3.26. The van der Waals surface area contributed by atoms with Gasteiger partial charge in [-0.3, -0.25) is 9.69 Å². The minimum absolute atomic E-state index is 0.0567. The smallest absolute Gasteiger partial charge is 0.240 e. The Morgan fingerprint density at radius 2 is 1.70 bits per heavy atom. The van der Waals surface area contributed by atoms with E-state index in [0.717, 1.165) is 44.7 Å². The Kier molecular flexibility index (Phi) is 7.29. The summed E-state index contributed by atoms with van der Waals surface area (Å²) in [6.45, 7) is 5.63. The van der Waals surface area contributed by atoms with Gasteiger partial charge in [0.15, 0.2) is 9.84 Å². The van der Waals surface area contributed by atoms with Crippen LogP contribution in [0.1, 0.15) is 12.2 Å². The molecule has 1 saturated heterocycles. The molecule has 8 nitrogen and oxygen atoms in total. The van der Waals surface area contributed by atoms with Crippen LogP contribution in [0.4, 0.5) is 5.69 Å².